The predicted molar refractivity (Wildman–Crippen MR) is 76.9 cm³/mol. The van der Waals surface area contributed by atoms with E-state index < -0.39 is 11.9 Å². The first-order valence-corrected chi connectivity index (χ1v) is 6.44. The number of primary amides is 1. The van der Waals surface area contributed by atoms with E-state index in [4.69, 9.17) is 20.6 Å². The SMILES string of the molecule is N#CC(NC=NOCCCOCc1ccccc1)C(N)=O. The van der Waals surface area contributed by atoms with Gasteiger partial charge in [-0.1, -0.05) is 35.5 Å². The third-order valence-corrected chi connectivity index (χ3v) is 2.42. The molecular weight excluding hydrogens is 272 g/mol. The Labute approximate surface area is 123 Å². The number of nitrogens with zero attached hydrogens (tertiary/aromatic N) is 2. The van der Waals surface area contributed by atoms with Gasteiger partial charge in [0.25, 0.3) is 5.91 Å². The topological polar surface area (TPSA) is 110 Å². The van der Waals surface area contributed by atoms with Gasteiger partial charge in [-0.2, -0.15) is 5.26 Å². The number of oxime groups is 1. The van der Waals surface area contributed by atoms with Gasteiger partial charge in [0.2, 0.25) is 0 Å². The largest absolute Gasteiger partial charge is 0.395 e. The molecule has 1 aromatic rings. The highest BCUT2D eigenvalue weighted by Gasteiger charge is 2.10. The molecule has 0 aliphatic carbocycles. The monoisotopic (exact) mass is 290 g/mol. The van der Waals surface area contributed by atoms with Crippen LogP contribution in [0, 0.1) is 11.3 Å². The van der Waals surface area contributed by atoms with Gasteiger partial charge >= 0.3 is 0 Å². The maximum atomic E-state index is 10.7. The number of nitrogens with two attached hydrogens (primary N) is 1. The summed E-state index contributed by atoms with van der Waals surface area (Å²) in [7, 11) is 0. The van der Waals surface area contributed by atoms with Crippen LogP contribution in [-0.2, 0) is 21.0 Å². The minimum absolute atomic E-state index is 0.376. The number of benzene rings is 1. The van der Waals surface area contributed by atoms with Crippen LogP contribution in [0.2, 0.25) is 0 Å². The van der Waals surface area contributed by atoms with Crippen molar-refractivity contribution in [2.75, 3.05) is 13.2 Å². The molecule has 1 aromatic carbocycles. The zero-order valence-corrected chi connectivity index (χ0v) is 11.6. The third kappa shape index (κ3) is 7.54. The van der Waals surface area contributed by atoms with Gasteiger partial charge in [-0.25, -0.2) is 0 Å². The molecule has 0 fully saturated rings. The molecule has 112 valence electrons. The van der Waals surface area contributed by atoms with Gasteiger partial charge in [-0.3, -0.25) is 4.79 Å². The zero-order chi connectivity index (χ0) is 15.3. The molecule has 1 atom stereocenters. The number of nitriles is 1. The molecule has 0 saturated heterocycles. The average Bonchev–Trinajstić information content (AvgIpc) is 2.50. The first-order chi connectivity index (χ1) is 10.2. The van der Waals surface area contributed by atoms with E-state index in [0.717, 1.165) is 11.9 Å². The van der Waals surface area contributed by atoms with Crippen molar-refractivity contribution in [3.8, 4) is 6.07 Å². The first-order valence-electron chi connectivity index (χ1n) is 6.44. The molecule has 21 heavy (non-hydrogen) atoms. The summed E-state index contributed by atoms with van der Waals surface area (Å²) in [5.41, 5.74) is 6.07. The summed E-state index contributed by atoms with van der Waals surface area (Å²) < 4.78 is 5.46. The van der Waals surface area contributed by atoms with Crippen molar-refractivity contribution >= 4 is 12.2 Å². The van der Waals surface area contributed by atoms with Crippen LogP contribution in [0.15, 0.2) is 35.5 Å². The van der Waals surface area contributed by atoms with Crippen LogP contribution < -0.4 is 11.1 Å². The van der Waals surface area contributed by atoms with E-state index in [9.17, 15) is 4.79 Å². The van der Waals surface area contributed by atoms with E-state index in [1.54, 1.807) is 6.07 Å². The maximum Gasteiger partial charge on any atom is 0.254 e. The van der Waals surface area contributed by atoms with Gasteiger partial charge in [0.1, 0.15) is 12.9 Å². The van der Waals surface area contributed by atoms with Crippen LogP contribution in [0.25, 0.3) is 0 Å². The quantitative estimate of drug-likeness (QED) is 0.282. The van der Waals surface area contributed by atoms with E-state index in [0.29, 0.717) is 26.2 Å². The van der Waals surface area contributed by atoms with Crippen molar-refractivity contribution in [1.29, 1.82) is 5.26 Å². The molecule has 0 spiro atoms. The van der Waals surface area contributed by atoms with E-state index >= 15 is 0 Å². The van der Waals surface area contributed by atoms with Crippen molar-refractivity contribution in [3.63, 3.8) is 0 Å². The van der Waals surface area contributed by atoms with Crippen molar-refractivity contribution in [2.45, 2.75) is 19.1 Å². The Bertz CT molecular complexity index is 485. The van der Waals surface area contributed by atoms with Crippen LogP contribution in [0.5, 0.6) is 0 Å². The fraction of sp³-hybridized carbons (Fsp3) is 0.357. The lowest BCUT2D eigenvalue weighted by Gasteiger charge is -2.04. The second-order valence-corrected chi connectivity index (χ2v) is 4.09. The van der Waals surface area contributed by atoms with Gasteiger partial charge in [0.05, 0.1) is 19.3 Å². The zero-order valence-electron chi connectivity index (χ0n) is 11.6. The maximum absolute atomic E-state index is 10.7. The molecule has 3 N–H and O–H groups in total. The fourth-order valence-corrected chi connectivity index (χ4v) is 1.37. The third-order valence-electron chi connectivity index (χ3n) is 2.42. The Morgan fingerprint density at radius 2 is 2.19 bits per heavy atom. The molecular formula is C14H18N4O3. The van der Waals surface area contributed by atoms with Gasteiger partial charge in [0, 0.05) is 6.42 Å². The highest BCUT2D eigenvalue weighted by Crippen LogP contribution is 2.00. The highest BCUT2D eigenvalue weighted by molar-refractivity contribution is 5.85. The molecule has 1 unspecified atom stereocenters. The van der Waals surface area contributed by atoms with Gasteiger partial charge in [0.15, 0.2) is 6.04 Å². The second-order valence-electron chi connectivity index (χ2n) is 4.09. The smallest absolute Gasteiger partial charge is 0.254 e. The molecule has 0 aliphatic heterocycles. The van der Waals surface area contributed by atoms with Crippen LogP contribution in [0.4, 0.5) is 0 Å². The van der Waals surface area contributed by atoms with Crippen molar-refractivity contribution in [2.24, 2.45) is 10.9 Å². The fourth-order valence-electron chi connectivity index (χ4n) is 1.37. The molecule has 0 aliphatic rings. The number of carbonyl (C=O) groups is 1. The van der Waals surface area contributed by atoms with E-state index in [1.165, 1.54) is 0 Å². The molecule has 0 saturated carbocycles. The number of ether oxygens (including phenoxy) is 1. The number of nitrogens with one attached hydrogen (secondary N) is 1. The van der Waals surface area contributed by atoms with Crippen molar-refractivity contribution < 1.29 is 14.4 Å². The second kappa shape index (κ2) is 10.2. The van der Waals surface area contributed by atoms with E-state index in [-0.39, 0.29) is 0 Å². The highest BCUT2D eigenvalue weighted by atomic mass is 16.6. The Balaban J connectivity index is 2.00. The van der Waals surface area contributed by atoms with Gasteiger partial charge in [-0.05, 0) is 5.56 Å². The first kappa shape index (κ1) is 16.5. The number of hydrogen-bond acceptors (Lipinski definition) is 5. The average molecular weight is 290 g/mol. The summed E-state index contributed by atoms with van der Waals surface area (Å²) in [5, 5.41) is 14.5. The summed E-state index contributed by atoms with van der Waals surface area (Å²) >= 11 is 0. The summed E-state index contributed by atoms with van der Waals surface area (Å²) in [6.45, 7) is 1.49. The van der Waals surface area contributed by atoms with E-state index in [2.05, 4.69) is 10.5 Å². The van der Waals surface area contributed by atoms with Crippen LogP contribution >= 0.6 is 0 Å². The molecule has 0 heterocycles. The summed E-state index contributed by atoms with van der Waals surface area (Å²) in [6, 6.07) is 10.5. The number of amides is 1. The molecule has 7 heteroatoms. The molecule has 1 rings (SSSR count). The van der Waals surface area contributed by atoms with Crippen LogP contribution in [0.3, 0.4) is 0 Å². The summed E-state index contributed by atoms with van der Waals surface area (Å²) in [6.07, 6.45) is 1.81. The number of carbonyl (C=O) groups excluding carboxylic acids is 1. The van der Waals surface area contributed by atoms with Crippen molar-refractivity contribution in [1.82, 2.24) is 5.32 Å². The standard InChI is InChI=1S/C14H18N4O3/c15-9-13(14(16)19)17-11-18-21-8-4-7-20-10-12-5-2-1-3-6-12/h1-3,5-6,11,13H,4,7-8,10H2,(H2,16,19)(H,17,18). The Morgan fingerprint density at radius 1 is 1.43 bits per heavy atom. The predicted octanol–water partition coefficient (Wildman–Crippen LogP) is 0.520. The minimum atomic E-state index is -1.11. The lowest BCUT2D eigenvalue weighted by Crippen LogP contribution is -2.39. The van der Waals surface area contributed by atoms with Gasteiger partial charge < -0.3 is 20.6 Å². The van der Waals surface area contributed by atoms with Crippen LogP contribution in [0.1, 0.15) is 12.0 Å². The Morgan fingerprint density at radius 3 is 2.86 bits per heavy atom. The van der Waals surface area contributed by atoms with E-state index in [1.807, 2.05) is 30.3 Å². The summed E-state index contributed by atoms with van der Waals surface area (Å²) in [4.78, 5) is 15.6. The number of hydrogen-bond donors (Lipinski definition) is 2. The van der Waals surface area contributed by atoms with Gasteiger partial charge in [-0.15, -0.1) is 0 Å². The lowest BCUT2D eigenvalue weighted by atomic mass is 10.2. The lowest BCUT2D eigenvalue weighted by molar-refractivity contribution is -0.118. The molecule has 0 radical (unpaired) electrons. The Hall–Kier alpha value is -2.59. The summed E-state index contributed by atoms with van der Waals surface area (Å²) in [5.74, 6) is -0.765. The molecule has 0 aromatic heterocycles. The molecule has 1 amide bonds. The normalized spacial score (nSPS) is 11.8. The molecule has 7 nitrogen and oxygen atoms in total. The van der Waals surface area contributed by atoms with Crippen molar-refractivity contribution in [3.05, 3.63) is 35.9 Å². The molecule has 0 bridgehead atoms. The van der Waals surface area contributed by atoms with Crippen LogP contribution in [-0.4, -0.2) is 31.5 Å². The minimum Gasteiger partial charge on any atom is -0.395 e. The Kier molecular flexibility index (Phi) is 8.02. The number of rotatable bonds is 10.